The first-order valence-electron chi connectivity index (χ1n) is 10.6. The van der Waals surface area contributed by atoms with Crippen molar-refractivity contribution in [2.45, 2.75) is 38.1 Å². The number of halogens is 4. The molecular weight excluding hydrogens is 471 g/mol. The largest absolute Gasteiger partial charge is 0.496 e. The van der Waals surface area contributed by atoms with Gasteiger partial charge in [0.05, 0.1) is 30.4 Å². The predicted octanol–water partition coefficient (Wildman–Crippen LogP) is 6.41. The monoisotopic (exact) mass is 493 g/mol. The molecule has 2 atom stereocenters. The van der Waals surface area contributed by atoms with Gasteiger partial charge >= 0.3 is 6.18 Å². The Hall–Kier alpha value is -3.20. The summed E-state index contributed by atoms with van der Waals surface area (Å²) in [6, 6.07) is 10.6. The SMILES string of the molecule is COc1cc(C2NN=C(C(CCCCl)c3ccc(C(F)(F)F)cc3)O2)ccc1-c1cnc(C)o1. The van der Waals surface area contributed by atoms with E-state index in [1.165, 1.54) is 12.1 Å². The Bertz CT molecular complexity index is 1160. The van der Waals surface area contributed by atoms with Crippen LogP contribution in [0.1, 0.15) is 47.6 Å². The number of nitrogens with one attached hydrogen (secondary N) is 1. The van der Waals surface area contributed by atoms with Crippen molar-refractivity contribution in [1.29, 1.82) is 0 Å². The molecule has 180 valence electrons. The average Bonchev–Trinajstić information content (AvgIpc) is 3.48. The second kappa shape index (κ2) is 9.97. The number of alkyl halides is 4. The number of aryl methyl sites for hydroxylation is 1. The minimum absolute atomic E-state index is 0.336. The van der Waals surface area contributed by atoms with Crippen LogP contribution >= 0.6 is 11.6 Å². The topological polar surface area (TPSA) is 68.9 Å². The number of hydrogen-bond acceptors (Lipinski definition) is 6. The van der Waals surface area contributed by atoms with Crippen LogP contribution in [0.25, 0.3) is 11.3 Å². The summed E-state index contributed by atoms with van der Waals surface area (Å²) < 4.78 is 56.1. The van der Waals surface area contributed by atoms with E-state index in [1.807, 2.05) is 18.2 Å². The number of benzene rings is 2. The summed E-state index contributed by atoms with van der Waals surface area (Å²) in [6.45, 7) is 1.76. The Labute approximate surface area is 199 Å². The van der Waals surface area contributed by atoms with Crippen molar-refractivity contribution in [3.63, 3.8) is 0 Å². The molecule has 6 nitrogen and oxygen atoms in total. The summed E-state index contributed by atoms with van der Waals surface area (Å²) in [6.07, 6.45) is -2.12. The van der Waals surface area contributed by atoms with E-state index >= 15 is 0 Å². The Morgan fingerprint density at radius 2 is 1.94 bits per heavy atom. The zero-order valence-corrected chi connectivity index (χ0v) is 19.3. The molecule has 1 aromatic heterocycles. The summed E-state index contributed by atoms with van der Waals surface area (Å²) >= 11 is 5.88. The van der Waals surface area contributed by atoms with E-state index < -0.39 is 18.0 Å². The molecular formula is C24H23ClF3N3O3. The predicted molar refractivity (Wildman–Crippen MR) is 122 cm³/mol. The molecule has 0 amide bonds. The number of methoxy groups -OCH3 is 1. The third kappa shape index (κ3) is 5.14. The molecule has 2 heterocycles. The van der Waals surface area contributed by atoms with Crippen molar-refractivity contribution >= 4 is 17.5 Å². The highest BCUT2D eigenvalue weighted by Gasteiger charge is 2.32. The minimum atomic E-state index is -4.40. The molecule has 10 heteroatoms. The highest BCUT2D eigenvalue weighted by molar-refractivity contribution is 6.17. The maximum absolute atomic E-state index is 13.0. The van der Waals surface area contributed by atoms with E-state index in [2.05, 4.69) is 15.5 Å². The first-order valence-corrected chi connectivity index (χ1v) is 11.2. The zero-order valence-electron chi connectivity index (χ0n) is 18.5. The molecule has 0 saturated carbocycles. The Balaban J connectivity index is 1.54. The molecule has 0 aliphatic carbocycles. The van der Waals surface area contributed by atoms with Crippen LogP contribution in [0.5, 0.6) is 5.75 Å². The molecule has 0 spiro atoms. The molecule has 2 unspecified atom stereocenters. The van der Waals surface area contributed by atoms with E-state index in [9.17, 15) is 13.2 Å². The van der Waals surface area contributed by atoms with Crippen LogP contribution in [0.4, 0.5) is 13.2 Å². The van der Waals surface area contributed by atoms with Gasteiger partial charge in [-0.2, -0.15) is 13.2 Å². The van der Waals surface area contributed by atoms with Crippen molar-refractivity contribution in [2.75, 3.05) is 13.0 Å². The molecule has 4 rings (SSSR count). The molecule has 34 heavy (non-hydrogen) atoms. The van der Waals surface area contributed by atoms with E-state index in [-0.39, 0.29) is 5.92 Å². The van der Waals surface area contributed by atoms with Crippen LogP contribution in [0.15, 0.2) is 58.2 Å². The maximum Gasteiger partial charge on any atom is 0.416 e. The van der Waals surface area contributed by atoms with Gasteiger partial charge in [0.25, 0.3) is 0 Å². The van der Waals surface area contributed by atoms with Crippen molar-refractivity contribution in [1.82, 2.24) is 10.4 Å². The van der Waals surface area contributed by atoms with Crippen molar-refractivity contribution in [3.05, 3.63) is 71.2 Å². The molecule has 2 aromatic carbocycles. The van der Waals surface area contributed by atoms with Gasteiger partial charge in [-0.1, -0.05) is 18.2 Å². The Morgan fingerprint density at radius 3 is 2.56 bits per heavy atom. The van der Waals surface area contributed by atoms with Crippen molar-refractivity contribution in [3.8, 4) is 17.1 Å². The van der Waals surface area contributed by atoms with Gasteiger partial charge in [-0.3, -0.25) is 5.43 Å². The highest BCUT2D eigenvalue weighted by Crippen LogP contribution is 2.36. The normalized spacial score (nSPS) is 16.5. The van der Waals surface area contributed by atoms with E-state index in [0.29, 0.717) is 47.6 Å². The fourth-order valence-corrected chi connectivity index (χ4v) is 3.93. The fraction of sp³-hybridized carbons (Fsp3) is 0.333. The number of ether oxygens (including phenoxy) is 2. The molecule has 0 bridgehead atoms. The number of rotatable bonds is 8. The lowest BCUT2D eigenvalue weighted by molar-refractivity contribution is -0.137. The third-order valence-corrected chi connectivity index (χ3v) is 5.78. The quantitative estimate of drug-likeness (QED) is 0.367. The van der Waals surface area contributed by atoms with Gasteiger partial charge in [0.1, 0.15) is 5.75 Å². The average molecular weight is 494 g/mol. The van der Waals surface area contributed by atoms with Gasteiger partial charge < -0.3 is 13.9 Å². The van der Waals surface area contributed by atoms with Crippen molar-refractivity contribution < 1.29 is 27.1 Å². The summed E-state index contributed by atoms with van der Waals surface area (Å²) in [5, 5.41) is 4.34. The van der Waals surface area contributed by atoms with E-state index in [0.717, 1.165) is 23.3 Å². The summed E-state index contributed by atoms with van der Waals surface area (Å²) in [5.74, 6) is 2.18. The van der Waals surface area contributed by atoms with Crippen LogP contribution < -0.4 is 10.2 Å². The molecule has 1 aliphatic heterocycles. The highest BCUT2D eigenvalue weighted by atomic mass is 35.5. The Morgan fingerprint density at radius 1 is 1.18 bits per heavy atom. The van der Waals surface area contributed by atoms with Crippen LogP contribution in [-0.4, -0.2) is 23.9 Å². The molecule has 0 fully saturated rings. The Kier molecular flexibility index (Phi) is 7.02. The third-order valence-electron chi connectivity index (χ3n) is 5.51. The number of hydrogen-bond donors (Lipinski definition) is 1. The van der Waals surface area contributed by atoms with Crippen LogP contribution in [-0.2, 0) is 10.9 Å². The van der Waals surface area contributed by atoms with E-state index in [4.69, 9.17) is 25.5 Å². The lowest BCUT2D eigenvalue weighted by Gasteiger charge is -2.19. The summed E-state index contributed by atoms with van der Waals surface area (Å²) in [7, 11) is 1.56. The first kappa shape index (κ1) is 23.9. The van der Waals surface area contributed by atoms with Gasteiger partial charge in [0.2, 0.25) is 12.1 Å². The fourth-order valence-electron chi connectivity index (χ4n) is 3.78. The maximum atomic E-state index is 13.0. The lowest BCUT2D eigenvalue weighted by Crippen LogP contribution is -2.16. The van der Waals surface area contributed by atoms with Crippen LogP contribution in [0, 0.1) is 6.92 Å². The van der Waals surface area contributed by atoms with Gasteiger partial charge in [0.15, 0.2) is 11.7 Å². The first-order chi connectivity index (χ1) is 16.3. The molecule has 1 N–H and O–H groups in total. The van der Waals surface area contributed by atoms with E-state index in [1.54, 1.807) is 20.2 Å². The number of nitrogens with zero attached hydrogens (tertiary/aromatic N) is 2. The van der Waals surface area contributed by atoms with Crippen molar-refractivity contribution in [2.24, 2.45) is 5.10 Å². The minimum Gasteiger partial charge on any atom is -0.496 e. The van der Waals surface area contributed by atoms with Gasteiger partial charge in [-0.25, -0.2) is 4.98 Å². The summed E-state index contributed by atoms with van der Waals surface area (Å²) in [5.41, 5.74) is 4.44. The zero-order chi connectivity index (χ0) is 24.3. The summed E-state index contributed by atoms with van der Waals surface area (Å²) in [4.78, 5) is 4.12. The molecule has 1 aliphatic rings. The van der Waals surface area contributed by atoms with Gasteiger partial charge in [-0.05, 0) is 42.7 Å². The smallest absolute Gasteiger partial charge is 0.416 e. The molecule has 3 aromatic rings. The number of aromatic nitrogens is 1. The van der Waals surface area contributed by atoms with Gasteiger partial charge in [-0.15, -0.1) is 16.7 Å². The second-order valence-corrected chi connectivity index (χ2v) is 8.16. The lowest BCUT2D eigenvalue weighted by atomic mass is 9.93. The van der Waals surface area contributed by atoms with Gasteiger partial charge in [0, 0.05) is 18.4 Å². The van der Waals surface area contributed by atoms with Crippen LogP contribution in [0.3, 0.4) is 0 Å². The van der Waals surface area contributed by atoms with Crippen LogP contribution in [0.2, 0.25) is 0 Å². The second-order valence-electron chi connectivity index (χ2n) is 7.78. The molecule has 0 radical (unpaired) electrons. The number of oxazole rings is 1. The number of hydrazone groups is 1. The standard InChI is InChI=1S/C24H23ClF3N3O3/c1-14-29-13-21(33-14)19-10-7-16(12-20(19)32-2)22-30-31-23(34-22)18(4-3-11-25)15-5-8-17(9-6-15)24(26,27)28/h5-10,12-13,18,22,30H,3-4,11H2,1-2H3. The molecule has 0 saturated heterocycles.